The van der Waals surface area contributed by atoms with E-state index in [1.807, 2.05) is 0 Å². The first-order valence-corrected chi connectivity index (χ1v) is 1.49. The highest BCUT2D eigenvalue weighted by Crippen LogP contribution is 1.98. The largest absolute Gasteiger partial charge is 0.278 e. The third-order valence-electron chi connectivity index (χ3n) is 0.557. The van der Waals surface area contributed by atoms with Crippen LogP contribution in [0.1, 0.15) is 0 Å². The molecule has 1 rings (SSSR count). The normalized spacial score (nSPS) is 26.2. The average molecular weight is 87.1 g/mol. The predicted octanol–water partition coefficient (Wildman–Crippen LogP) is -1.30. The summed E-state index contributed by atoms with van der Waals surface area (Å²) in [5.74, 6) is -0.917. The summed E-state index contributed by atoms with van der Waals surface area (Å²) in [6.45, 7) is 0. The molecule has 5 heteroatoms. The maximum Gasteiger partial charge on any atom is 0.264 e. The molecule has 0 atom stereocenters. The Hall–Kier alpha value is -0.520. The molecule has 0 spiro atoms. The van der Waals surface area contributed by atoms with Crippen molar-refractivity contribution in [3.63, 3.8) is 0 Å². The van der Waals surface area contributed by atoms with Gasteiger partial charge in [0, 0.05) is 0 Å². The summed E-state index contributed by atoms with van der Waals surface area (Å²) in [5.41, 5.74) is 16.2. The van der Waals surface area contributed by atoms with Crippen molar-refractivity contribution in [3.05, 3.63) is 0 Å². The second kappa shape index (κ2) is 0.754. The zero-order chi connectivity index (χ0) is 4.62. The van der Waals surface area contributed by atoms with E-state index in [9.17, 15) is 0 Å². The van der Waals surface area contributed by atoms with Crippen LogP contribution >= 0.6 is 0 Å². The predicted molar refractivity (Wildman–Crippen MR) is 18.3 cm³/mol. The van der Waals surface area contributed by atoms with Crippen LogP contribution in [0.25, 0.3) is 0 Å². The lowest BCUT2D eigenvalue weighted by Crippen LogP contribution is -2.25. The van der Waals surface area contributed by atoms with Gasteiger partial charge in [0.15, 0.2) is 0 Å². The molecular formula is CH5N5. The minimum absolute atomic E-state index is 0.917. The summed E-state index contributed by atoms with van der Waals surface area (Å²) < 4.78 is 0. The van der Waals surface area contributed by atoms with E-state index in [1.165, 1.54) is 0 Å². The van der Waals surface area contributed by atoms with Crippen molar-refractivity contribution < 1.29 is 0 Å². The van der Waals surface area contributed by atoms with E-state index >= 15 is 0 Å². The maximum atomic E-state index is 6.29. The molecule has 0 unspecified atom stereocenters. The smallest absolute Gasteiger partial charge is 0.264 e. The molecule has 0 bridgehead atoms. The van der Waals surface area contributed by atoms with Crippen LogP contribution in [0.5, 0.6) is 0 Å². The lowest BCUT2D eigenvalue weighted by atomic mass is 10.9. The van der Waals surface area contributed by atoms with Crippen LogP contribution in [0.2, 0.25) is 0 Å². The summed E-state index contributed by atoms with van der Waals surface area (Å²) in [4.78, 5) is 0. The van der Waals surface area contributed by atoms with Gasteiger partial charge >= 0.3 is 0 Å². The SMILES string of the molecule is N=NC1(N)NN1. The second-order valence-corrected chi connectivity index (χ2v) is 1.13. The molecule has 0 aliphatic carbocycles. The molecule has 0 amide bonds. The lowest BCUT2D eigenvalue weighted by molar-refractivity contribution is 0.616. The number of nitrogens with zero attached hydrogens (tertiary/aromatic N) is 1. The van der Waals surface area contributed by atoms with Crippen LogP contribution in [0.15, 0.2) is 5.11 Å². The van der Waals surface area contributed by atoms with Crippen LogP contribution in [0.4, 0.5) is 0 Å². The molecule has 0 aromatic rings. The van der Waals surface area contributed by atoms with Crippen LogP contribution in [-0.4, -0.2) is 5.91 Å². The van der Waals surface area contributed by atoms with Crippen LogP contribution in [0.3, 0.4) is 0 Å². The fourth-order valence-electron chi connectivity index (χ4n) is 0.120. The molecule has 0 radical (unpaired) electrons. The van der Waals surface area contributed by atoms with Crippen molar-refractivity contribution in [3.8, 4) is 0 Å². The van der Waals surface area contributed by atoms with E-state index in [2.05, 4.69) is 16.0 Å². The van der Waals surface area contributed by atoms with Crippen molar-refractivity contribution in [2.75, 3.05) is 0 Å². The highest BCUT2D eigenvalue weighted by Gasteiger charge is 2.36. The summed E-state index contributed by atoms with van der Waals surface area (Å²) in [6, 6.07) is 0. The molecule has 1 aliphatic heterocycles. The van der Waals surface area contributed by atoms with Gasteiger partial charge in [-0.1, -0.05) is 0 Å². The van der Waals surface area contributed by atoms with E-state index in [0.717, 1.165) is 0 Å². The summed E-state index contributed by atoms with van der Waals surface area (Å²) in [6.07, 6.45) is 0. The molecule has 0 saturated carbocycles. The first-order chi connectivity index (χ1) is 2.77. The fourth-order valence-corrected chi connectivity index (χ4v) is 0.120. The van der Waals surface area contributed by atoms with Crippen LogP contribution in [-0.2, 0) is 0 Å². The lowest BCUT2D eigenvalue weighted by Gasteiger charge is -1.84. The average Bonchev–Trinajstić information content (AvgIpc) is 2.22. The summed E-state index contributed by atoms with van der Waals surface area (Å²) >= 11 is 0. The van der Waals surface area contributed by atoms with Gasteiger partial charge in [-0.25, -0.2) is 5.53 Å². The number of hydrazine groups is 1. The number of hydrogen-bond acceptors (Lipinski definition) is 5. The van der Waals surface area contributed by atoms with Crippen molar-refractivity contribution in [1.29, 1.82) is 5.53 Å². The number of nitrogens with one attached hydrogen (secondary N) is 3. The quantitative estimate of drug-likeness (QED) is 0.236. The first-order valence-electron chi connectivity index (χ1n) is 1.49. The third kappa shape index (κ3) is 0.383. The molecule has 0 aromatic heterocycles. The molecule has 1 aliphatic rings. The molecule has 34 valence electrons. The molecular weight excluding hydrogens is 82.0 g/mol. The fraction of sp³-hybridized carbons (Fsp3) is 1.00. The van der Waals surface area contributed by atoms with Gasteiger partial charge in [-0.3, -0.25) is 5.73 Å². The number of rotatable bonds is 1. The number of nitrogens with two attached hydrogens (primary N) is 1. The van der Waals surface area contributed by atoms with Crippen molar-refractivity contribution in [2.45, 2.75) is 5.91 Å². The van der Waals surface area contributed by atoms with Gasteiger partial charge in [-0.05, 0) is 0 Å². The van der Waals surface area contributed by atoms with Gasteiger partial charge in [0.2, 0.25) is 0 Å². The Labute approximate surface area is 34.4 Å². The molecule has 1 heterocycles. The van der Waals surface area contributed by atoms with E-state index in [0.29, 0.717) is 0 Å². The summed E-state index contributed by atoms with van der Waals surface area (Å²) in [5, 5.41) is 2.94. The van der Waals surface area contributed by atoms with Crippen LogP contribution < -0.4 is 16.6 Å². The van der Waals surface area contributed by atoms with Gasteiger partial charge < -0.3 is 0 Å². The topological polar surface area (TPSA) is 106 Å². The standard InChI is InChI=1S/CH5N5/c2-1(4-3)5-6-1/h3,5-6H,2H2. The van der Waals surface area contributed by atoms with E-state index in [1.54, 1.807) is 0 Å². The number of hydrogen-bond donors (Lipinski definition) is 4. The first kappa shape index (κ1) is 3.66. The maximum absolute atomic E-state index is 6.29. The monoisotopic (exact) mass is 87.1 g/mol. The minimum atomic E-state index is -0.917. The van der Waals surface area contributed by atoms with E-state index < -0.39 is 5.91 Å². The Morgan fingerprint density at radius 3 is 2.17 bits per heavy atom. The minimum Gasteiger partial charge on any atom is -0.278 e. The van der Waals surface area contributed by atoms with E-state index in [-0.39, 0.29) is 0 Å². The van der Waals surface area contributed by atoms with Crippen molar-refractivity contribution in [1.82, 2.24) is 10.9 Å². The molecule has 1 saturated heterocycles. The van der Waals surface area contributed by atoms with Crippen LogP contribution in [0, 0.1) is 5.53 Å². The highest BCUT2D eigenvalue weighted by molar-refractivity contribution is 4.80. The van der Waals surface area contributed by atoms with E-state index in [4.69, 9.17) is 11.3 Å². The van der Waals surface area contributed by atoms with Crippen molar-refractivity contribution in [2.24, 2.45) is 10.8 Å². The van der Waals surface area contributed by atoms with Gasteiger partial charge in [-0.2, -0.15) is 10.9 Å². The Kier molecular flexibility index (Phi) is 0.461. The Balaban J connectivity index is 2.47. The second-order valence-electron chi connectivity index (χ2n) is 1.13. The Morgan fingerprint density at radius 1 is 1.67 bits per heavy atom. The highest BCUT2D eigenvalue weighted by atomic mass is 15.8. The van der Waals surface area contributed by atoms with Gasteiger partial charge in [0.05, 0.1) is 0 Å². The molecule has 1 fully saturated rings. The Morgan fingerprint density at radius 2 is 2.17 bits per heavy atom. The zero-order valence-electron chi connectivity index (χ0n) is 3.02. The van der Waals surface area contributed by atoms with Gasteiger partial charge in [0.1, 0.15) is 0 Å². The molecule has 5 N–H and O–H groups in total. The molecule has 5 nitrogen and oxygen atoms in total. The summed E-state index contributed by atoms with van der Waals surface area (Å²) in [7, 11) is 0. The zero-order valence-corrected chi connectivity index (χ0v) is 3.02. The van der Waals surface area contributed by atoms with Crippen molar-refractivity contribution >= 4 is 0 Å². The molecule has 0 aromatic carbocycles. The van der Waals surface area contributed by atoms with Gasteiger partial charge in [0.25, 0.3) is 5.91 Å². The molecule has 6 heavy (non-hydrogen) atoms. The third-order valence-corrected chi connectivity index (χ3v) is 0.557. The van der Waals surface area contributed by atoms with Gasteiger partial charge in [-0.15, -0.1) is 5.11 Å². The Bertz CT molecular complexity index is 72.0.